The Balaban J connectivity index is 1.90. The van der Waals surface area contributed by atoms with Crippen molar-refractivity contribution in [2.24, 2.45) is 11.8 Å². The summed E-state index contributed by atoms with van der Waals surface area (Å²) in [5.74, 6) is 1.75. The Morgan fingerprint density at radius 2 is 1.73 bits per heavy atom. The van der Waals surface area contributed by atoms with Crippen LogP contribution in [0.2, 0.25) is 0 Å². The molecule has 0 aromatic carbocycles. The minimum absolute atomic E-state index is 0.807. The van der Waals surface area contributed by atoms with Crippen LogP contribution in [0.1, 0.15) is 40.0 Å². The van der Waals surface area contributed by atoms with Crippen molar-refractivity contribution in [1.29, 1.82) is 0 Å². The predicted molar refractivity (Wildman–Crippen MR) is 65.0 cm³/mol. The zero-order chi connectivity index (χ0) is 10.8. The molecular formula is C13H26N2. The predicted octanol–water partition coefficient (Wildman–Crippen LogP) is 2.10. The van der Waals surface area contributed by atoms with Gasteiger partial charge in [-0.2, -0.15) is 0 Å². The van der Waals surface area contributed by atoms with Crippen LogP contribution in [0.25, 0.3) is 0 Å². The zero-order valence-corrected chi connectivity index (χ0v) is 10.5. The van der Waals surface area contributed by atoms with Crippen LogP contribution in [0.15, 0.2) is 0 Å². The normalized spacial score (nSPS) is 43.4. The fourth-order valence-corrected chi connectivity index (χ4v) is 3.21. The van der Waals surface area contributed by atoms with Gasteiger partial charge >= 0.3 is 0 Å². The molecule has 0 spiro atoms. The summed E-state index contributed by atoms with van der Waals surface area (Å²) in [4.78, 5) is 2.75. The summed E-state index contributed by atoms with van der Waals surface area (Å²) in [7, 11) is 0. The molecule has 1 N–H and O–H groups in total. The van der Waals surface area contributed by atoms with E-state index in [1.165, 1.54) is 38.9 Å². The molecule has 0 bridgehead atoms. The van der Waals surface area contributed by atoms with Crippen LogP contribution >= 0.6 is 0 Å². The molecule has 88 valence electrons. The van der Waals surface area contributed by atoms with Gasteiger partial charge in [0.2, 0.25) is 0 Å². The number of piperidine rings is 1. The molecule has 0 aromatic rings. The standard InChI is InChI=1S/C13H26N2/c1-10-7-14-8-13(10)9-15-11(2)5-4-6-12(15)3/h10-14H,4-9H2,1-3H3. The minimum atomic E-state index is 0.807. The molecule has 0 amide bonds. The molecule has 0 saturated carbocycles. The van der Waals surface area contributed by atoms with Crippen LogP contribution in [0.4, 0.5) is 0 Å². The molecule has 0 aromatic heterocycles. The maximum atomic E-state index is 3.51. The quantitative estimate of drug-likeness (QED) is 0.751. The van der Waals surface area contributed by atoms with Crippen molar-refractivity contribution in [2.75, 3.05) is 19.6 Å². The van der Waals surface area contributed by atoms with Crippen molar-refractivity contribution in [3.05, 3.63) is 0 Å². The van der Waals surface area contributed by atoms with E-state index in [9.17, 15) is 0 Å². The van der Waals surface area contributed by atoms with E-state index in [1.807, 2.05) is 0 Å². The Kier molecular flexibility index (Phi) is 3.68. The van der Waals surface area contributed by atoms with Gasteiger partial charge in [0.25, 0.3) is 0 Å². The third kappa shape index (κ3) is 2.54. The first-order valence-corrected chi connectivity index (χ1v) is 6.65. The number of rotatable bonds is 2. The monoisotopic (exact) mass is 210 g/mol. The molecule has 4 unspecified atom stereocenters. The summed E-state index contributed by atoms with van der Waals surface area (Å²) >= 11 is 0. The Hall–Kier alpha value is -0.0800. The number of nitrogens with one attached hydrogen (secondary N) is 1. The molecule has 0 aliphatic carbocycles. The van der Waals surface area contributed by atoms with E-state index in [1.54, 1.807) is 0 Å². The molecule has 15 heavy (non-hydrogen) atoms. The van der Waals surface area contributed by atoms with E-state index < -0.39 is 0 Å². The molecule has 2 aliphatic rings. The van der Waals surface area contributed by atoms with Gasteiger partial charge in [-0.05, 0) is 51.6 Å². The van der Waals surface area contributed by atoms with Crippen molar-refractivity contribution in [3.8, 4) is 0 Å². The van der Waals surface area contributed by atoms with Crippen LogP contribution < -0.4 is 5.32 Å². The second-order valence-electron chi connectivity index (χ2n) is 5.72. The second-order valence-corrected chi connectivity index (χ2v) is 5.72. The van der Waals surface area contributed by atoms with Crippen molar-refractivity contribution in [3.63, 3.8) is 0 Å². The Labute approximate surface area is 94.4 Å². The molecule has 2 rings (SSSR count). The molecular weight excluding hydrogens is 184 g/mol. The first-order chi connectivity index (χ1) is 7.18. The van der Waals surface area contributed by atoms with Gasteiger partial charge in [-0.25, -0.2) is 0 Å². The van der Waals surface area contributed by atoms with Crippen molar-refractivity contribution < 1.29 is 0 Å². The Morgan fingerprint density at radius 1 is 1.07 bits per heavy atom. The lowest BCUT2D eigenvalue weighted by atomic mass is 9.92. The van der Waals surface area contributed by atoms with Crippen LogP contribution in [-0.2, 0) is 0 Å². The Bertz CT molecular complexity index is 195. The molecule has 2 aliphatic heterocycles. The largest absolute Gasteiger partial charge is 0.316 e. The van der Waals surface area contributed by atoms with E-state index in [0.29, 0.717) is 0 Å². The van der Waals surface area contributed by atoms with Crippen LogP contribution in [-0.4, -0.2) is 36.6 Å². The third-order valence-corrected chi connectivity index (χ3v) is 4.50. The average Bonchev–Trinajstić information content (AvgIpc) is 2.58. The molecule has 2 heterocycles. The third-order valence-electron chi connectivity index (χ3n) is 4.50. The molecule has 2 saturated heterocycles. The fraction of sp³-hybridized carbons (Fsp3) is 1.00. The second kappa shape index (κ2) is 4.84. The average molecular weight is 210 g/mol. The van der Waals surface area contributed by atoms with Crippen LogP contribution in [0.3, 0.4) is 0 Å². The number of nitrogens with zero attached hydrogens (tertiary/aromatic N) is 1. The summed E-state index contributed by atoms with van der Waals surface area (Å²) < 4.78 is 0. The Morgan fingerprint density at radius 3 is 2.27 bits per heavy atom. The van der Waals surface area contributed by atoms with Gasteiger partial charge in [-0.15, -0.1) is 0 Å². The highest BCUT2D eigenvalue weighted by molar-refractivity contribution is 4.86. The lowest BCUT2D eigenvalue weighted by molar-refractivity contribution is 0.0804. The smallest absolute Gasteiger partial charge is 0.00698 e. The first kappa shape index (κ1) is 11.4. The van der Waals surface area contributed by atoms with Crippen molar-refractivity contribution in [1.82, 2.24) is 10.2 Å². The molecule has 2 nitrogen and oxygen atoms in total. The maximum Gasteiger partial charge on any atom is 0.00698 e. The summed E-state index contributed by atoms with van der Waals surface area (Å²) in [6, 6.07) is 1.61. The fourth-order valence-electron chi connectivity index (χ4n) is 3.21. The molecule has 0 radical (unpaired) electrons. The van der Waals surface area contributed by atoms with Crippen LogP contribution in [0.5, 0.6) is 0 Å². The van der Waals surface area contributed by atoms with E-state index in [0.717, 1.165) is 23.9 Å². The van der Waals surface area contributed by atoms with E-state index in [2.05, 4.69) is 31.0 Å². The van der Waals surface area contributed by atoms with Gasteiger partial charge in [-0.1, -0.05) is 13.3 Å². The van der Waals surface area contributed by atoms with Crippen molar-refractivity contribution in [2.45, 2.75) is 52.1 Å². The maximum absolute atomic E-state index is 3.51. The highest BCUT2D eigenvalue weighted by atomic mass is 15.2. The van der Waals surface area contributed by atoms with Gasteiger partial charge in [0.1, 0.15) is 0 Å². The van der Waals surface area contributed by atoms with Crippen molar-refractivity contribution >= 4 is 0 Å². The van der Waals surface area contributed by atoms with E-state index in [-0.39, 0.29) is 0 Å². The molecule has 4 atom stereocenters. The number of likely N-dealkylation sites (tertiary alicyclic amines) is 1. The highest BCUT2D eigenvalue weighted by Gasteiger charge is 2.30. The number of hydrogen-bond donors (Lipinski definition) is 1. The van der Waals surface area contributed by atoms with Gasteiger partial charge in [0, 0.05) is 18.6 Å². The SMILES string of the molecule is CC1CNCC1CN1C(C)CCCC1C. The van der Waals surface area contributed by atoms with Crippen LogP contribution in [0, 0.1) is 11.8 Å². The lowest BCUT2D eigenvalue weighted by Crippen LogP contribution is -2.47. The summed E-state index contributed by atoms with van der Waals surface area (Å²) in [6.07, 6.45) is 4.23. The van der Waals surface area contributed by atoms with Gasteiger partial charge in [0.15, 0.2) is 0 Å². The topological polar surface area (TPSA) is 15.3 Å². The summed E-state index contributed by atoms with van der Waals surface area (Å²) in [6.45, 7) is 11.0. The van der Waals surface area contributed by atoms with Gasteiger partial charge < -0.3 is 5.32 Å². The molecule has 2 heteroatoms. The summed E-state index contributed by atoms with van der Waals surface area (Å²) in [5, 5.41) is 3.51. The zero-order valence-electron chi connectivity index (χ0n) is 10.5. The minimum Gasteiger partial charge on any atom is -0.316 e. The summed E-state index contributed by atoms with van der Waals surface area (Å²) in [5.41, 5.74) is 0. The van der Waals surface area contributed by atoms with E-state index >= 15 is 0 Å². The first-order valence-electron chi connectivity index (χ1n) is 6.65. The molecule has 2 fully saturated rings. The number of hydrogen-bond acceptors (Lipinski definition) is 2. The van der Waals surface area contributed by atoms with Gasteiger partial charge in [-0.3, -0.25) is 4.90 Å². The van der Waals surface area contributed by atoms with E-state index in [4.69, 9.17) is 0 Å². The lowest BCUT2D eigenvalue weighted by Gasteiger charge is -2.41. The highest BCUT2D eigenvalue weighted by Crippen LogP contribution is 2.26. The van der Waals surface area contributed by atoms with Gasteiger partial charge in [0.05, 0.1) is 0 Å².